The van der Waals surface area contributed by atoms with Crippen molar-refractivity contribution in [1.82, 2.24) is 5.32 Å². The second-order valence-corrected chi connectivity index (χ2v) is 6.11. The number of hydrogen-bond acceptors (Lipinski definition) is 4. The number of amides is 1. The van der Waals surface area contributed by atoms with Crippen molar-refractivity contribution in [3.63, 3.8) is 0 Å². The number of carbonyl (C=O) groups excluding carboxylic acids is 1. The fourth-order valence-corrected chi connectivity index (χ4v) is 2.86. The Balaban J connectivity index is 2.37. The summed E-state index contributed by atoms with van der Waals surface area (Å²) in [6, 6.07) is 2.48. The van der Waals surface area contributed by atoms with E-state index in [9.17, 15) is 19.7 Å². The zero-order chi connectivity index (χ0) is 17.1. The summed E-state index contributed by atoms with van der Waals surface area (Å²) in [5.41, 5.74) is 2.66. The maximum absolute atomic E-state index is 12.6. The summed E-state index contributed by atoms with van der Waals surface area (Å²) >= 11 is 0. The molecule has 3 N–H and O–H groups in total. The molecular formula is C16H22BNO5. The van der Waals surface area contributed by atoms with Crippen molar-refractivity contribution in [2.24, 2.45) is 5.92 Å². The van der Waals surface area contributed by atoms with Gasteiger partial charge in [-0.25, -0.2) is 4.79 Å². The predicted molar refractivity (Wildman–Crippen MR) is 86.6 cm³/mol. The number of carboxylic acids is 1. The molecular weight excluding hydrogens is 297 g/mol. The summed E-state index contributed by atoms with van der Waals surface area (Å²) in [7, 11) is -1.03. The topological polar surface area (TPSA) is 95.9 Å². The van der Waals surface area contributed by atoms with E-state index in [-0.39, 0.29) is 5.92 Å². The Hall–Kier alpha value is -1.86. The monoisotopic (exact) mass is 319 g/mol. The Morgan fingerprint density at radius 1 is 1.39 bits per heavy atom. The maximum atomic E-state index is 12.6. The molecule has 1 aromatic rings. The first-order valence-electron chi connectivity index (χ1n) is 7.84. The molecule has 1 heterocycles. The number of hydrogen-bond donors (Lipinski definition) is 3. The smallest absolute Gasteiger partial charge is 0.480 e. The first kappa shape index (κ1) is 17.5. The molecule has 0 fully saturated rings. The van der Waals surface area contributed by atoms with Crippen molar-refractivity contribution in [2.75, 3.05) is 0 Å². The predicted octanol–water partition coefficient (Wildman–Crippen LogP) is 0.696. The lowest BCUT2D eigenvalue weighted by molar-refractivity contribution is -0.140. The summed E-state index contributed by atoms with van der Waals surface area (Å²) in [6.45, 7) is 5.79. The van der Waals surface area contributed by atoms with E-state index in [1.807, 2.05) is 6.92 Å². The maximum Gasteiger partial charge on any atom is 0.492 e. The van der Waals surface area contributed by atoms with Crippen molar-refractivity contribution in [2.45, 2.75) is 46.3 Å². The van der Waals surface area contributed by atoms with Crippen molar-refractivity contribution in [1.29, 1.82) is 0 Å². The molecule has 23 heavy (non-hydrogen) atoms. The van der Waals surface area contributed by atoms with Crippen molar-refractivity contribution < 1.29 is 24.4 Å². The number of rotatable bonds is 6. The average Bonchev–Trinajstić information content (AvgIpc) is 2.86. The molecule has 0 aromatic heterocycles. The highest BCUT2D eigenvalue weighted by molar-refractivity contribution is 6.62. The van der Waals surface area contributed by atoms with Crippen molar-refractivity contribution in [3.05, 3.63) is 28.8 Å². The second-order valence-electron chi connectivity index (χ2n) is 6.11. The fourth-order valence-electron chi connectivity index (χ4n) is 2.86. The molecule has 1 aliphatic rings. The number of nitrogens with one attached hydrogen (secondary N) is 1. The first-order valence-corrected chi connectivity index (χ1v) is 7.84. The molecule has 0 bridgehead atoms. The Morgan fingerprint density at radius 3 is 2.65 bits per heavy atom. The second kappa shape index (κ2) is 7.15. The summed E-state index contributed by atoms with van der Waals surface area (Å²) in [5.74, 6) is -1.72. The van der Waals surface area contributed by atoms with Crippen LogP contribution in [0.4, 0.5) is 0 Å². The van der Waals surface area contributed by atoms with Crippen molar-refractivity contribution in [3.8, 4) is 0 Å². The van der Waals surface area contributed by atoms with E-state index in [1.54, 1.807) is 26.0 Å². The lowest BCUT2D eigenvalue weighted by atomic mass is 9.73. The number of benzene rings is 1. The Bertz CT molecular complexity index is 617. The molecule has 1 unspecified atom stereocenters. The van der Waals surface area contributed by atoms with Gasteiger partial charge in [-0.1, -0.05) is 33.3 Å². The van der Waals surface area contributed by atoms with Gasteiger partial charge in [0.15, 0.2) is 0 Å². The van der Waals surface area contributed by atoms with Crippen LogP contribution in [-0.4, -0.2) is 35.2 Å². The standard InChI is InChI=1S/C16H22BNO5/c1-4-5-11-12(7-6-10-8-23-17(22)13(10)11)15(19)18-14(9(2)3)16(20)21/h6-7,9,14,22H,4-5,8H2,1-3H3,(H,18,19)(H,20,21). The highest BCUT2D eigenvalue weighted by Gasteiger charge is 2.33. The van der Waals surface area contributed by atoms with E-state index in [2.05, 4.69) is 5.32 Å². The SMILES string of the molecule is CCCc1c(C(=O)NC(C(=O)O)C(C)C)ccc2c1B(O)OC2. The van der Waals surface area contributed by atoms with Gasteiger partial charge in [-0.3, -0.25) is 4.79 Å². The van der Waals surface area contributed by atoms with Gasteiger partial charge in [0.25, 0.3) is 5.91 Å². The normalized spacial score (nSPS) is 14.7. The summed E-state index contributed by atoms with van der Waals surface area (Å²) in [6.07, 6.45) is 1.42. The van der Waals surface area contributed by atoms with Crippen LogP contribution in [0.2, 0.25) is 0 Å². The summed E-state index contributed by atoms with van der Waals surface area (Å²) in [5, 5.41) is 21.8. The molecule has 6 nitrogen and oxygen atoms in total. The third-order valence-corrected chi connectivity index (χ3v) is 4.05. The van der Waals surface area contributed by atoms with Crippen LogP contribution >= 0.6 is 0 Å². The molecule has 0 spiro atoms. The molecule has 0 aliphatic carbocycles. The van der Waals surface area contributed by atoms with Gasteiger partial charge in [0.1, 0.15) is 6.04 Å². The van der Waals surface area contributed by atoms with Gasteiger partial charge in [0, 0.05) is 5.56 Å². The molecule has 7 heteroatoms. The van der Waals surface area contributed by atoms with E-state index < -0.39 is 25.0 Å². The largest absolute Gasteiger partial charge is 0.492 e. The van der Waals surface area contributed by atoms with Crippen molar-refractivity contribution >= 4 is 24.5 Å². The van der Waals surface area contributed by atoms with Crippen LogP contribution < -0.4 is 10.8 Å². The summed E-state index contributed by atoms with van der Waals surface area (Å²) in [4.78, 5) is 23.9. The fraction of sp³-hybridized carbons (Fsp3) is 0.500. The molecule has 0 saturated carbocycles. The third-order valence-electron chi connectivity index (χ3n) is 4.05. The lowest BCUT2D eigenvalue weighted by Crippen LogP contribution is -2.45. The van der Waals surface area contributed by atoms with Gasteiger partial charge in [0.2, 0.25) is 0 Å². The molecule has 1 amide bonds. The minimum atomic E-state index is -1.06. The zero-order valence-corrected chi connectivity index (χ0v) is 13.6. The highest BCUT2D eigenvalue weighted by atomic mass is 16.5. The Morgan fingerprint density at radius 2 is 2.09 bits per heavy atom. The van der Waals surface area contributed by atoms with E-state index >= 15 is 0 Å². The number of carbonyl (C=O) groups is 2. The number of fused-ring (bicyclic) bond motifs is 1. The first-order chi connectivity index (χ1) is 10.9. The number of aliphatic carboxylic acids is 1. The third kappa shape index (κ3) is 3.56. The molecule has 0 saturated heterocycles. The van der Waals surface area contributed by atoms with Crippen LogP contribution in [0.1, 0.15) is 48.7 Å². The quantitative estimate of drug-likeness (QED) is 0.671. The van der Waals surface area contributed by atoms with Gasteiger partial charge in [0.05, 0.1) is 6.61 Å². The zero-order valence-electron chi connectivity index (χ0n) is 13.6. The van der Waals surface area contributed by atoms with Gasteiger partial charge in [-0.05, 0) is 35.0 Å². The van der Waals surface area contributed by atoms with Crippen LogP contribution in [0.5, 0.6) is 0 Å². The Kier molecular flexibility index (Phi) is 5.44. The lowest BCUT2D eigenvalue weighted by Gasteiger charge is -2.20. The highest BCUT2D eigenvalue weighted by Crippen LogP contribution is 2.19. The molecule has 0 radical (unpaired) electrons. The van der Waals surface area contributed by atoms with Crippen LogP contribution in [0.3, 0.4) is 0 Å². The van der Waals surface area contributed by atoms with Gasteiger partial charge in [-0.2, -0.15) is 0 Å². The minimum Gasteiger partial charge on any atom is -0.480 e. The van der Waals surface area contributed by atoms with Crippen LogP contribution in [-0.2, 0) is 22.5 Å². The molecule has 124 valence electrons. The van der Waals surface area contributed by atoms with E-state index in [1.165, 1.54) is 0 Å². The molecule has 2 rings (SSSR count). The van der Waals surface area contributed by atoms with Gasteiger partial charge < -0.3 is 20.1 Å². The average molecular weight is 319 g/mol. The van der Waals surface area contributed by atoms with Gasteiger partial charge >= 0.3 is 13.1 Å². The summed E-state index contributed by atoms with van der Waals surface area (Å²) < 4.78 is 5.23. The van der Waals surface area contributed by atoms with E-state index in [4.69, 9.17) is 4.65 Å². The molecule has 1 aromatic carbocycles. The molecule has 1 atom stereocenters. The Labute approximate surface area is 136 Å². The van der Waals surface area contributed by atoms with E-state index in [0.29, 0.717) is 24.1 Å². The minimum absolute atomic E-state index is 0.227. The van der Waals surface area contributed by atoms with Crippen LogP contribution in [0.15, 0.2) is 12.1 Å². The van der Waals surface area contributed by atoms with Crippen LogP contribution in [0, 0.1) is 5.92 Å². The molecule has 1 aliphatic heterocycles. The van der Waals surface area contributed by atoms with E-state index in [0.717, 1.165) is 17.5 Å². The van der Waals surface area contributed by atoms with Gasteiger partial charge in [-0.15, -0.1) is 0 Å². The number of carboxylic acid groups (broad SMARTS) is 1. The van der Waals surface area contributed by atoms with Crippen LogP contribution in [0.25, 0.3) is 0 Å².